The molecule has 4 heteroatoms. The Morgan fingerprint density at radius 3 is 2.68 bits per heavy atom. The number of nitrogens with one attached hydrogen (secondary N) is 1. The van der Waals surface area contributed by atoms with Gasteiger partial charge in [-0.3, -0.25) is 4.79 Å². The first-order valence-electron chi connectivity index (χ1n) is 6.80. The number of hydrogen-bond acceptors (Lipinski definition) is 2. The minimum atomic E-state index is 0.00593. The van der Waals surface area contributed by atoms with Gasteiger partial charge < -0.3 is 10.1 Å². The highest BCUT2D eigenvalue weighted by Gasteiger charge is 2.28. The van der Waals surface area contributed by atoms with Crippen LogP contribution in [0.5, 0.6) is 5.75 Å². The molecule has 0 spiro atoms. The molecule has 1 fully saturated rings. The molecule has 0 bridgehead atoms. The largest absolute Gasteiger partial charge is 0.494 e. The molecule has 0 aromatic heterocycles. The van der Waals surface area contributed by atoms with Crippen molar-refractivity contribution in [2.75, 3.05) is 11.9 Å². The molecule has 0 saturated heterocycles. The van der Waals surface area contributed by atoms with E-state index >= 15 is 0 Å². The Kier molecular flexibility index (Phi) is 5.25. The molecule has 1 unspecified atom stereocenters. The van der Waals surface area contributed by atoms with Gasteiger partial charge in [0.1, 0.15) is 5.75 Å². The minimum Gasteiger partial charge on any atom is -0.494 e. The number of alkyl halides is 1. The minimum absolute atomic E-state index is 0.00593. The second-order valence-corrected chi connectivity index (χ2v) is 5.81. The average Bonchev–Trinajstić information content (AvgIpc) is 3.24. The van der Waals surface area contributed by atoms with Crippen LogP contribution in [0.3, 0.4) is 0 Å². The molecular formula is C15H20BrNO2. The van der Waals surface area contributed by atoms with E-state index in [1.54, 1.807) is 0 Å². The lowest BCUT2D eigenvalue weighted by molar-refractivity contribution is 0.0936. The number of ether oxygens (including phenoxy) is 1. The Balaban J connectivity index is 1.84. The van der Waals surface area contributed by atoms with Crippen LogP contribution in [0.2, 0.25) is 0 Å². The Labute approximate surface area is 122 Å². The number of rotatable bonds is 7. The van der Waals surface area contributed by atoms with Gasteiger partial charge in [-0.05, 0) is 56.4 Å². The van der Waals surface area contributed by atoms with Gasteiger partial charge in [0.25, 0.3) is 5.91 Å². The normalized spacial score (nSPS) is 15.9. The lowest BCUT2D eigenvalue weighted by Gasteiger charge is -2.13. The van der Waals surface area contributed by atoms with E-state index in [2.05, 4.69) is 28.2 Å². The lowest BCUT2D eigenvalue weighted by Crippen LogP contribution is -2.33. The summed E-state index contributed by atoms with van der Waals surface area (Å²) in [7, 11) is 0. The molecule has 1 atom stereocenters. The van der Waals surface area contributed by atoms with Crippen molar-refractivity contribution in [3.05, 3.63) is 29.8 Å². The third-order valence-corrected chi connectivity index (χ3v) is 3.91. The van der Waals surface area contributed by atoms with Gasteiger partial charge in [-0.15, -0.1) is 0 Å². The maximum absolute atomic E-state index is 12.0. The fourth-order valence-electron chi connectivity index (χ4n) is 1.95. The molecule has 0 aliphatic heterocycles. The Morgan fingerprint density at radius 1 is 1.42 bits per heavy atom. The van der Waals surface area contributed by atoms with E-state index in [1.807, 2.05) is 24.3 Å². The molecule has 1 saturated carbocycles. The highest BCUT2D eigenvalue weighted by molar-refractivity contribution is 9.09. The molecule has 3 nitrogen and oxygen atoms in total. The zero-order valence-electron chi connectivity index (χ0n) is 11.2. The molecule has 2 rings (SSSR count). The van der Waals surface area contributed by atoms with Gasteiger partial charge in [0.05, 0.1) is 6.61 Å². The van der Waals surface area contributed by atoms with E-state index in [0.29, 0.717) is 18.1 Å². The van der Waals surface area contributed by atoms with E-state index in [-0.39, 0.29) is 11.9 Å². The van der Waals surface area contributed by atoms with Gasteiger partial charge in [0, 0.05) is 16.9 Å². The third-order valence-electron chi connectivity index (χ3n) is 3.35. The highest BCUT2D eigenvalue weighted by Crippen LogP contribution is 2.32. The monoisotopic (exact) mass is 325 g/mol. The van der Waals surface area contributed by atoms with Crippen molar-refractivity contribution in [3.63, 3.8) is 0 Å². The number of amides is 1. The maximum atomic E-state index is 12.0. The average molecular weight is 326 g/mol. The number of benzene rings is 1. The van der Waals surface area contributed by atoms with Crippen molar-refractivity contribution in [3.8, 4) is 5.75 Å². The first-order valence-corrected chi connectivity index (χ1v) is 7.92. The molecule has 1 amide bonds. The molecule has 1 aromatic rings. The van der Waals surface area contributed by atoms with Gasteiger partial charge in [-0.25, -0.2) is 0 Å². The van der Waals surface area contributed by atoms with E-state index in [1.165, 1.54) is 12.8 Å². The fraction of sp³-hybridized carbons (Fsp3) is 0.533. The molecule has 1 aliphatic rings. The van der Waals surface area contributed by atoms with Crippen molar-refractivity contribution < 1.29 is 9.53 Å². The zero-order chi connectivity index (χ0) is 13.7. The van der Waals surface area contributed by atoms with Crippen LogP contribution in [0.1, 0.15) is 36.5 Å². The Morgan fingerprint density at radius 2 is 2.11 bits per heavy atom. The van der Waals surface area contributed by atoms with Crippen LogP contribution in [0.25, 0.3) is 0 Å². The van der Waals surface area contributed by atoms with Crippen LogP contribution >= 0.6 is 15.9 Å². The third kappa shape index (κ3) is 4.53. The summed E-state index contributed by atoms with van der Waals surface area (Å²) in [6, 6.07) is 7.62. The van der Waals surface area contributed by atoms with Gasteiger partial charge in [0.2, 0.25) is 0 Å². The Bertz CT molecular complexity index is 415. The molecule has 1 aromatic carbocycles. The summed E-state index contributed by atoms with van der Waals surface area (Å²) < 4.78 is 5.55. The van der Waals surface area contributed by atoms with Gasteiger partial charge in [0.15, 0.2) is 0 Å². The van der Waals surface area contributed by atoms with E-state index in [0.717, 1.165) is 17.5 Å². The number of halogens is 1. The summed E-state index contributed by atoms with van der Waals surface area (Å²) in [5.41, 5.74) is 0.695. The predicted octanol–water partition coefficient (Wildman–Crippen LogP) is 3.38. The van der Waals surface area contributed by atoms with E-state index in [9.17, 15) is 4.79 Å². The van der Waals surface area contributed by atoms with E-state index < -0.39 is 0 Å². The van der Waals surface area contributed by atoms with Crippen molar-refractivity contribution >= 4 is 21.8 Å². The van der Waals surface area contributed by atoms with Crippen LogP contribution in [0.4, 0.5) is 0 Å². The van der Waals surface area contributed by atoms with Crippen LogP contribution in [-0.2, 0) is 0 Å². The molecule has 1 aliphatic carbocycles. The van der Waals surface area contributed by atoms with Crippen molar-refractivity contribution in [2.45, 2.75) is 32.2 Å². The van der Waals surface area contributed by atoms with Crippen molar-refractivity contribution in [2.24, 2.45) is 5.92 Å². The molecule has 104 valence electrons. The van der Waals surface area contributed by atoms with Gasteiger partial charge >= 0.3 is 0 Å². The van der Waals surface area contributed by atoms with Gasteiger partial charge in [-0.1, -0.05) is 15.9 Å². The first-order chi connectivity index (χ1) is 9.20. The summed E-state index contributed by atoms with van der Waals surface area (Å²) in [4.78, 5) is 12.0. The molecule has 0 heterocycles. The summed E-state index contributed by atoms with van der Waals surface area (Å²) >= 11 is 3.36. The smallest absolute Gasteiger partial charge is 0.251 e. The SMILES string of the molecule is CC(NC(=O)c1ccc(OCCCBr)cc1)C1CC1. The molecule has 0 radical (unpaired) electrons. The molecule has 19 heavy (non-hydrogen) atoms. The van der Waals surface area contributed by atoms with Gasteiger partial charge in [-0.2, -0.15) is 0 Å². The maximum Gasteiger partial charge on any atom is 0.251 e. The Hall–Kier alpha value is -1.03. The fourth-order valence-corrected chi connectivity index (χ4v) is 2.18. The summed E-state index contributed by atoms with van der Waals surface area (Å²) in [6.45, 7) is 2.77. The molecule has 1 N–H and O–H groups in total. The quantitative estimate of drug-likeness (QED) is 0.616. The van der Waals surface area contributed by atoms with Crippen LogP contribution in [0.15, 0.2) is 24.3 Å². The van der Waals surface area contributed by atoms with Crippen LogP contribution in [0, 0.1) is 5.92 Å². The summed E-state index contributed by atoms with van der Waals surface area (Å²) in [5, 5.41) is 3.98. The lowest BCUT2D eigenvalue weighted by atomic mass is 10.1. The van der Waals surface area contributed by atoms with E-state index in [4.69, 9.17) is 4.74 Å². The number of carbonyl (C=O) groups excluding carboxylic acids is 1. The number of hydrogen-bond donors (Lipinski definition) is 1. The number of carbonyl (C=O) groups is 1. The summed E-state index contributed by atoms with van der Waals surface area (Å²) in [5.74, 6) is 1.50. The highest BCUT2D eigenvalue weighted by atomic mass is 79.9. The standard InChI is InChI=1S/C15H20BrNO2/c1-11(12-3-4-12)17-15(18)13-5-7-14(8-6-13)19-10-2-9-16/h5-8,11-12H,2-4,9-10H2,1H3,(H,17,18). The van der Waals surface area contributed by atoms with Crippen molar-refractivity contribution in [1.29, 1.82) is 0 Å². The topological polar surface area (TPSA) is 38.3 Å². The first kappa shape index (κ1) is 14.4. The van der Waals surface area contributed by atoms with Crippen LogP contribution < -0.4 is 10.1 Å². The predicted molar refractivity (Wildman–Crippen MR) is 80.0 cm³/mol. The molecular weight excluding hydrogens is 306 g/mol. The van der Waals surface area contributed by atoms with Crippen molar-refractivity contribution in [1.82, 2.24) is 5.32 Å². The zero-order valence-corrected chi connectivity index (χ0v) is 12.8. The second-order valence-electron chi connectivity index (χ2n) is 5.01. The summed E-state index contributed by atoms with van der Waals surface area (Å²) in [6.07, 6.45) is 3.45. The van der Waals surface area contributed by atoms with Crippen LogP contribution in [-0.4, -0.2) is 23.9 Å². The second kappa shape index (κ2) is 6.94.